The summed E-state index contributed by atoms with van der Waals surface area (Å²) in [5, 5.41) is 0. The van der Waals surface area contributed by atoms with E-state index in [1.54, 1.807) is 0 Å². The van der Waals surface area contributed by atoms with E-state index in [2.05, 4.69) is 62.4 Å². The molecule has 0 bridgehead atoms. The summed E-state index contributed by atoms with van der Waals surface area (Å²) in [5.74, 6) is 0. The van der Waals surface area contributed by atoms with E-state index in [0.29, 0.717) is 6.04 Å². The zero-order valence-electron chi connectivity index (χ0n) is 10.6. The van der Waals surface area contributed by atoms with Crippen molar-refractivity contribution in [2.75, 3.05) is 0 Å². The topological polar surface area (TPSA) is 12.4 Å². The first-order chi connectivity index (χ1) is 8.31. The molecule has 1 aliphatic carbocycles. The van der Waals surface area contributed by atoms with Crippen LogP contribution >= 0.6 is 0 Å². The van der Waals surface area contributed by atoms with Crippen molar-refractivity contribution in [1.82, 2.24) is 0 Å². The highest BCUT2D eigenvalue weighted by Gasteiger charge is 2.07. The Kier molecular flexibility index (Phi) is 3.92. The van der Waals surface area contributed by atoms with Crippen LogP contribution in [0.2, 0.25) is 0 Å². The number of hydrogen-bond donors (Lipinski definition) is 0. The molecule has 0 aromatic heterocycles. The minimum absolute atomic E-state index is 0.310. The van der Waals surface area contributed by atoms with Crippen LogP contribution in [0.4, 0.5) is 0 Å². The van der Waals surface area contributed by atoms with Gasteiger partial charge in [-0.25, -0.2) is 0 Å². The lowest BCUT2D eigenvalue weighted by Gasteiger charge is -2.12. The molecule has 0 heterocycles. The molecule has 1 heteroatoms. The van der Waals surface area contributed by atoms with Gasteiger partial charge < -0.3 is 0 Å². The Hall–Kier alpha value is -1.63. The van der Waals surface area contributed by atoms with Crippen LogP contribution < -0.4 is 0 Å². The molecule has 0 saturated carbocycles. The van der Waals surface area contributed by atoms with Crippen molar-refractivity contribution >= 4 is 5.71 Å². The average molecular weight is 225 g/mol. The van der Waals surface area contributed by atoms with Crippen molar-refractivity contribution in [2.45, 2.75) is 32.7 Å². The van der Waals surface area contributed by atoms with Crippen LogP contribution in [0.5, 0.6) is 0 Å². The second-order valence-electron chi connectivity index (χ2n) is 4.34. The molecule has 88 valence electrons. The van der Waals surface area contributed by atoms with Crippen molar-refractivity contribution in [2.24, 2.45) is 4.99 Å². The number of aliphatic imine (C=N–C) groups is 1. The van der Waals surface area contributed by atoms with Gasteiger partial charge in [-0.05, 0) is 30.9 Å². The molecule has 17 heavy (non-hydrogen) atoms. The minimum Gasteiger partial charge on any atom is -0.282 e. The monoisotopic (exact) mass is 225 g/mol. The molecule has 1 atom stereocenters. The molecule has 0 N–H and O–H groups in total. The summed E-state index contributed by atoms with van der Waals surface area (Å²) >= 11 is 0. The zero-order chi connectivity index (χ0) is 12.1. The summed E-state index contributed by atoms with van der Waals surface area (Å²) in [4.78, 5) is 4.79. The molecule has 0 radical (unpaired) electrons. The van der Waals surface area contributed by atoms with Crippen LogP contribution in [0.25, 0.3) is 0 Å². The fraction of sp³-hybridized carbons (Fsp3) is 0.312. The van der Waals surface area contributed by atoms with Gasteiger partial charge in [0.2, 0.25) is 0 Å². The lowest BCUT2D eigenvalue weighted by atomic mass is 10.0. The van der Waals surface area contributed by atoms with Crippen molar-refractivity contribution in [3.05, 3.63) is 59.7 Å². The van der Waals surface area contributed by atoms with E-state index in [1.807, 2.05) is 0 Å². The Labute approximate surface area is 104 Å². The Balaban J connectivity index is 2.23. The van der Waals surface area contributed by atoms with Gasteiger partial charge >= 0.3 is 0 Å². The number of allylic oxidation sites excluding steroid dienone is 2. The molecule has 1 nitrogen and oxygen atoms in total. The maximum absolute atomic E-state index is 4.79. The Morgan fingerprint density at radius 1 is 1.29 bits per heavy atom. The van der Waals surface area contributed by atoms with Gasteiger partial charge in [-0.1, -0.05) is 55.5 Å². The highest BCUT2D eigenvalue weighted by atomic mass is 14.8. The number of benzene rings is 1. The SMILES string of the molecule is CCc1ccccc1C(C)=NC1C=CC=CC1. The number of nitrogens with zero attached hydrogens (tertiary/aromatic N) is 1. The molecule has 0 fully saturated rings. The van der Waals surface area contributed by atoms with Crippen LogP contribution in [0.15, 0.2) is 53.6 Å². The molecule has 1 unspecified atom stereocenters. The van der Waals surface area contributed by atoms with Crippen LogP contribution in [0.1, 0.15) is 31.4 Å². The van der Waals surface area contributed by atoms with Crippen LogP contribution in [-0.2, 0) is 6.42 Å². The van der Waals surface area contributed by atoms with Gasteiger partial charge in [0.1, 0.15) is 0 Å². The fourth-order valence-corrected chi connectivity index (χ4v) is 2.16. The van der Waals surface area contributed by atoms with Gasteiger partial charge in [-0.2, -0.15) is 0 Å². The van der Waals surface area contributed by atoms with Crippen molar-refractivity contribution in [3.8, 4) is 0 Å². The van der Waals surface area contributed by atoms with Crippen molar-refractivity contribution in [1.29, 1.82) is 0 Å². The first-order valence-corrected chi connectivity index (χ1v) is 6.27. The van der Waals surface area contributed by atoms with Gasteiger partial charge in [0.25, 0.3) is 0 Å². The molecular weight excluding hydrogens is 206 g/mol. The Morgan fingerprint density at radius 2 is 2.12 bits per heavy atom. The third kappa shape index (κ3) is 2.94. The van der Waals surface area contributed by atoms with E-state index >= 15 is 0 Å². The second kappa shape index (κ2) is 5.62. The van der Waals surface area contributed by atoms with E-state index in [4.69, 9.17) is 4.99 Å². The van der Waals surface area contributed by atoms with Gasteiger partial charge in [0.15, 0.2) is 0 Å². The smallest absolute Gasteiger partial charge is 0.0720 e. The van der Waals surface area contributed by atoms with E-state index < -0.39 is 0 Å². The highest BCUT2D eigenvalue weighted by molar-refractivity contribution is 6.00. The quantitative estimate of drug-likeness (QED) is 0.691. The molecule has 0 saturated heterocycles. The number of rotatable bonds is 3. The molecule has 0 aliphatic heterocycles. The number of aryl methyl sites for hydroxylation is 1. The molecule has 2 rings (SSSR count). The average Bonchev–Trinajstić information content (AvgIpc) is 2.40. The number of hydrogen-bond acceptors (Lipinski definition) is 1. The molecule has 0 spiro atoms. The lowest BCUT2D eigenvalue weighted by Crippen LogP contribution is -2.07. The summed E-state index contributed by atoms with van der Waals surface area (Å²) in [6.45, 7) is 4.30. The van der Waals surface area contributed by atoms with Crippen LogP contribution in [-0.4, -0.2) is 11.8 Å². The van der Waals surface area contributed by atoms with Gasteiger partial charge in [-0.15, -0.1) is 0 Å². The maximum atomic E-state index is 4.79. The van der Waals surface area contributed by atoms with Crippen molar-refractivity contribution in [3.63, 3.8) is 0 Å². The fourth-order valence-electron chi connectivity index (χ4n) is 2.16. The molecular formula is C16H19N. The van der Waals surface area contributed by atoms with Crippen LogP contribution in [0, 0.1) is 0 Å². The standard InChI is InChI=1S/C16H19N/c1-3-14-9-7-8-12-16(14)13(2)17-15-10-5-4-6-11-15/h4-10,12,15H,3,11H2,1-2H3. The first kappa shape index (κ1) is 11.8. The van der Waals surface area contributed by atoms with E-state index in [0.717, 1.165) is 18.6 Å². The summed E-state index contributed by atoms with van der Waals surface area (Å²) in [6.07, 6.45) is 10.6. The maximum Gasteiger partial charge on any atom is 0.0720 e. The minimum atomic E-state index is 0.310. The summed E-state index contributed by atoms with van der Waals surface area (Å²) < 4.78 is 0. The summed E-state index contributed by atoms with van der Waals surface area (Å²) in [5.41, 5.74) is 3.81. The predicted octanol–water partition coefficient (Wildman–Crippen LogP) is 3.94. The Morgan fingerprint density at radius 3 is 2.82 bits per heavy atom. The highest BCUT2D eigenvalue weighted by Crippen LogP contribution is 2.14. The molecule has 0 amide bonds. The normalized spacial score (nSPS) is 19.6. The molecule has 1 aliphatic rings. The van der Waals surface area contributed by atoms with Crippen LogP contribution in [0.3, 0.4) is 0 Å². The van der Waals surface area contributed by atoms with Gasteiger partial charge in [0.05, 0.1) is 6.04 Å². The third-order valence-corrected chi connectivity index (χ3v) is 3.11. The third-order valence-electron chi connectivity index (χ3n) is 3.11. The van der Waals surface area contributed by atoms with E-state index in [1.165, 1.54) is 11.1 Å². The predicted molar refractivity (Wildman–Crippen MR) is 74.7 cm³/mol. The summed E-state index contributed by atoms with van der Waals surface area (Å²) in [7, 11) is 0. The van der Waals surface area contributed by atoms with Crippen molar-refractivity contribution < 1.29 is 0 Å². The first-order valence-electron chi connectivity index (χ1n) is 6.27. The molecule has 1 aromatic carbocycles. The lowest BCUT2D eigenvalue weighted by molar-refractivity contribution is 0.826. The second-order valence-corrected chi connectivity index (χ2v) is 4.34. The Bertz CT molecular complexity index is 466. The molecule has 1 aromatic rings. The van der Waals surface area contributed by atoms with Gasteiger partial charge in [0, 0.05) is 5.71 Å². The summed E-state index contributed by atoms with van der Waals surface area (Å²) in [6, 6.07) is 8.85. The van der Waals surface area contributed by atoms with E-state index in [9.17, 15) is 0 Å². The zero-order valence-corrected chi connectivity index (χ0v) is 10.6. The van der Waals surface area contributed by atoms with Gasteiger partial charge in [-0.3, -0.25) is 4.99 Å². The largest absolute Gasteiger partial charge is 0.282 e. The van der Waals surface area contributed by atoms with E-state index in [-0.39, 0.29) is 0 Å².